The molecule has 5 fully saturated rings. The van der Waals surface area contributed by atoms with Gasteiger partial charge in [0, 0.05) is 131 Å². The molecule has 6 amide bonds. The Balaban J connectivity index is 0.000000221. The number of primary amides is 1. The van der Waals surface area contributed by atoms with Crippen molar-refractivity contribution in [3.8, 4) is 0 Å². The van der Waals surface area contributed by atoms with E-state index in [4.69, 9.17) is 10.5 Å². The molecule has 1 unspecified atom stereocenters. The second-order valence-corrected chi connectivity index (χ2v) is 23.7. The summed E-state index contributed by atoms with van der Waals surface area (Å²) in [6, 6.07) is 14.9. The van der Waals surface area contributed by atoms with Gasteiger partial charge in [0.25, 0.3) is 0 Å². The highest BCUT2D eigenvalue weighted by Crippen LogP contribution is 2.36. The Bertz CT molecular complexity index is 2780. The maximum atomic E-state index is 14.1. The van der Waals surface area contributed by atoms with Crippen molar-refractivity contribution in [2.45, 2.75) is 105 Å². The quantitative estimate of drug-likeness (QED) is 0.251. The third-order valence-electron chi connectivity index (χ3n) is 15.6. The van der Waals surface area contributed by atoms with Gasteiger partial charge >= 0.3 is 23.6 Å². The molecule has 20 heteroatoms. The van der Waals surface area contributed by atoms with Crippen LogP contribution in [0.2, 0.25) is 0 Å². The Hall–Kier alpha value is -6.64. The van der Waals surface area contributed by atoms with Gasteiger partial charge in [-0.15, -0.1) is 0 Å². The Morgan fingerprint density at radius 1 is 0.623 bits per heavy atom. The summed E-state index contributed by atoms with van der Waals surface area (Å²) in [5.41, 5.74) is 9.29. The summed E-state index contributed by atoms with van der Waals surface area (Å²) in [6.45, 7) is 24.6. The number of pyridine rings is 1. The number of ether oxygens (including phenoxy) is 1. The van der Waals surface area contributed by atoms with E-state index in [0.717, 1.165) is 99.5 Å². The number of piperazine rings is 4. The van der Waals surface area contributed by atoms with Crippen LogP contribution in [0.4, 0.5) is 17.1 Å². The number of carbonyl (C=O) groups is 6. The standard InChI is InChI=1S/C34H46N8O4.C23H35N5O3/c1-23-21-41(32(44)31(43)37-27-20-35-18-25-19-36-42(30(25)27)29-11-6-7-16-46-29)28(22-40(23)33(45)34(2,3)4)24-9-8-10-26(17-24)39-14-12-38(5)13-15-39;1-16-14-28(21(30)20(24)29)19(15-27(16)22(31)23(2,3)4)17-7-6-8-18(13-17)26-11-9-25(5)10-12-26/h8-10,17-20,23,28-29H,6-7,11-16,21-22H2,1-5H3,(H,37,43);6-8,13,16,19H,9-12,14-15H2,1-5H3,(H2,24,29)/t23-,28-,29?;16-,19-/m11/s1. The topological polar surface area (TPSA) is 206 Å². The number of hydrogen-bond donors (Lipinski definition) is 2. The van der Waals surface area contributed by atoms with Crippen LogP contribution in [0.3, 0.4) is 0 Å². The lowest BCUT2D eigenvalue weighted by Gasteiger charge is -2.47. The van der Waals surface area contributed by atoms with Crippen molar-refractivity contribution in [2.75, 3.05) is 114 Å². The summed E-state index contributed by atoms with van der Waals surface area (Å²) in [4.78, 5) is 99.4. The van der Waals surface area contributed by atoms with E-state index >= 15 is 0 Å². The second kappa shape index (κ2) is 23.5. The van der Waals surface area contributed by atoms with E-state index in [9.17, 15) is 28.8 Å². The lowest BCUT2D eigenvalue weighted by Crippen LogP contribution is -2.60. The fourth-order valence-corrected chi connectivity index (χ4v) is 11.1. The molecular formula is C57H81N13O7. The molecule has 416 valence electrons. The normalized spacial score (nSPS) is 23.1. The van der Waals surface area contributed by atoms with E-state index in [1.54, 1.807) is 28.2 Å². The van der Waals surface area contributed by atoms with Crippen LogP contribution >= 0.6 is 0 Å². The number of nitrogens with one attached hydrogen (secondary N) is 1. The molecule has 77 heavy (non-hydrogen) atoms. The van der Waals surface area contributed by atoms with E-state index in [2.05, 4.69) is 73.4 Å². The molecule has 2 aromatic heterocycles. The van der Waals surface area contributed by atoms with Gasteiger partial charge in [0.15, 0.2) is 6.23 Å². The minimum atomic E-state index is -0.969. The molecule has 7 heterocycles. The van der Waals surface area contributed by atoms with Crippen molar-refractivity contribution < 1.29 is 33.5 Å². The van der Waals surface area contributed by atoms with Crippen molar-refractivity contribution in [1.29, 1.82) is 0 Å². The van der Waals surface area contributed by atoms with Crippen molar-refractivity contribution in [1.82, 2.24) is 44.2 Å². The summed E-state index contributed by atoms with van der Waals surface area (Å²) in [7, 11) is 4.24. The number of rotatable bonds is 6. The first kappa shape index (κ1) is 56.6. The van der Waals surface area contributed by atoms with Gasteiger partial charge in [-0.05, 0) is 82.6 Å². The van der Waals surface area contributed by atoms with Gasteiger partial charge in [-0.2, -0.15) is 5.10 Å². The van der Waals surface area contributed by atoms with Crippen LogP contribution in [-0.4, -0.2) is 191 Å². The molecule has 4 aromatic rings. The fraction of sp³-hybridized carbons (Fsp3) is 0.579. The summed E-state index contributed by atoms with van der Waals surface area (Å²) >= 11 is 0. The highest BCUT2D eigenvalue weighted by Gasteiger charge is 2.44. The number of likely N-dealkylation sites (N-methyl/N-ethyl adjacent to an activating group) is 2. The van der Waals surface area contributed by atoms with E-state index in [1.165, 1.54) is 4.90 Å². The number of anilines is 3. The average molecular weight is 1060 g/mol. The monoisotopic (exact) mass is 1060 g/mol. The molecule has 0 spiro atoms. The molecule has 20 nitrogen and oxygen atoms in total. The van der Waals surface area contributed by atoms with Crippen molar-refractivity contribution >= 4 is 63.4 Å². The molecule has 0 aliphatic carbocycles. The number of amides is 6. The first-order valence-electron chi connectivity index (χ1n) is 27.3. The zero-order valence-electron chi connectivity index (χ0n) is 46.9. The predicted molar refractivity (Wildman–Crippen MR) is 297 cm³/mol. The first-order valence-corrected chi connectivity index (χ1v) is 27.3. The highest BCUT2D eigenvalue weighted by molar-refractivity contribution is 6.40. The summed E-state index contributed by atoms with van der Waals surface area (Å²) in [5, 5.41) is 8.15. The smallest absolute Gasteiger partial charge is 0.314 e. The summed E-state index contributed by atoms with van der Waals surface area (Å²) < 4.78 is 7.75. The highest BCUT2D eigenvalue weighted by atomic mass is 16.5. The minimum Gasteiger partial charge on any atom is -0.369 e. The van der Waals surface area contributed by atoms with Gasteiger partial charge in [0.05, 0.1) is 35.7 Å². The number of benzene rings is 2. The third kappa shape index (κ3) is 12.9. The van der Waals surface area contributed by atoms with Gasteiger partial charge in [0.2, 0.25) is 11.8 Å². The largest absolute Gasteiger partial charge is 0.369 e. The van der Waals surface area contributed by atoms with Gasteiger partial charge in [0.1, 0.15) is 0 Å². The maximum Gasteiger partial charge on any atom is 0.314 e. The molecule has 2 aromatic carbocycles. The lowest BCUT2D eigenvalue weighted by molar-refractivity contribution is -0.155. The van der Waals surface area contributed by atoms with Crippen LogP contribution in [-0.2, 0) is 33.5 Å². The first-order chi connectivity index (χ1) is 36.5. The molecule has 0 saturated carbocycles. The van der Waals surface area contributed by atoms with Crippen molar-refractivity contribution in [2.24, 2.45) is 16.6 Å². The third-order valence-corrected chi connectivity index (χ3v) is 15.6. The maximum absolute atomic E-state index is 14.1. The van der Waals surface area contributed by atoms with Crippen LogP contribution in [0.25, 0.3) is 10.9 Å². The molecular weight excluding hydrogens is 979 g/mol. The predicted octanol–water partition coefficient (Wildman–Crippen LogP) is 4.74. The number of hydrogen-bond acceptors (Lipinski definition) is 13. The minimum absolute atomic E-state index is 0.0210. The molecule has 9 rings (SSSR count). The van der Waals surface area contributed by atoms with Crippen LogP contribution in [0, 0.1) is 10.8 Å². The molecule has 5 atom stereocenters. The molecule has 3 N–H and O–H groups in total. The van der Waals surface area contributed by atoms with Crippen LogP contribution < -0.4 is 20.9 Å². The van der Waals surface area contributed by atoms with Crippen LogP contribution in [0.5, 0.6) is 0 Å². The second-order valence-electron chi connectivity index (χ2n) is 23.7. The Morgan fingerprint density at radius 2 is 1.12 bits per heavy atom. The Labute approximate surface area is 453 Å². The van der Waals surface area contributed by atoms with Gasteiger partial charge in [-0.1, -0.05) is 65.8 Å². The average Bonchev–Trinajstić information content (AvgIpc) is 3.91. The molecule has 5 aliphatic rings. The number of nitrogens with zero attached hydrogens (tertiary/aromatic N) is 11. The van der Waals surface area contributed by atoms with Gasteiger partial charge in [-0.3, -0.25) is 33.8 Å². The Morgan fingerprint density at radius 3 is 1.57 bits per heavy atom. The van der Waals surface area contributed by atoms with Crippen LogP contribution in [0.15, 0.2) is 67.1 Å². The van der Waals surface area contributed by atoms with Gasteiger partial charge in [-0.25, -0.2) is 4.68 Å². The lowest BCUT2D eigenvalue weighted by atomic mass is 9.91. The van der Waals surface area contributed by atoms with E-state index in [0.29, 0.717) is 30.9 Å². The molecule has 5 aliphatic heterocycles. The molecule has 0 radical (unpaired) electrons. The number of nitrogens with two attached hydrogens (primary N) is 1. The van der Waals surface area contributed by atoms with Crippen molar-refractivity contribution in [3.05, 3.63) is 78.2 Å². The summed E-state index contributed by atoms with van der Waals surface area (Å²) in [5.74, 6) is -3.02. The SMILES string of the molecule is C[C@@H]1CN(C(=O)C(=O)Nc2cncc3cnn(C4CCCCO4)c23)[C@@H](c2cccc(N3CCN(C)CC3)c2)CN1C(=O)C(C)(C)C.C[C@@H]1CN(C(=O)C(N)=O)[C@@H](c2cccc(N3CCN(C)CC3)c2)CN1C(=O)C(C)(C)C. The zero-order valence-corrected chi connectivity index (χ0v) is 46.9. The van der Waals surface area contributed by atoms with E-state index in [1.807, 2.05) is 89.5 Å². The molecule has 5 saturated heterocycles. The fourth-order valence-electron chi connectivity index (χ4n) is 11.1. The Kier molecular flexibility index (Phi) is 17.3. The summed E-state index contributed by atoms with van der Waals surface area (Å²) in [6.07, 6.45) is 7.54. The number of aromatic nitrogens is 3. The van der Waals surface area contributed by atoms with Gasteiger partial charge < -0.3 is 55.0 Å². The van der Waals surface area contributed by atoms with Crippen LogP contribution in [0.1, 0.15) is 104 Å². The number of carbonyl (C=O) groups excluding carboxylic acids is 6. The van der Waals surface area contributed by atoms with Crippen molar-refractivity contribution in [3.63, 3.8) is 0 Å². The zero-order chi connectivity index (χ0) is 55.5. The van der Waals surface area contributed by atoms with E-state index < -0.39 is 46.5 Å². The van der Waals surface area contributed by atoms with E-state index in [-0.39, 0.29) is 43.2 Å². The number of fused-ring (bicyclic) bond motifs is 1. The molecule has 0 bridgehead atoms.